The molecule has 0 saturated heterocycles. The van der Waals surface area contributed by atoms with Crippen LogP contribution >= 0.6 is 11.3 Å². The fourth-order valence-corrected chi connectivity index (χ4v) is 1.86. The van der Waals surface area contributed by atoms with Crippen molar-refractivity contribution in [3.63, 3.8) is 0 Å². The van der Waals surface area contributed by atoms with Gasteiger partial charge in [0.2, 0.25) is 0 Å². The van der Waals surface area contributed by atoms with E-state index in [4.69, 9.17) is 4.74 Å². The average Bonchev–Trinajstić information content (AvgIpc) is 2.61. The number of aromatic nitrogens is 1. The minimum Gasteiger partial charge on any atom is -0.377 e. The molecule has 1 heterocycles. The van der Waals surface area contributed by atoms with Gasteiger partial charge >= 0.3 is 0 Å². The maximum Gasteiger partial charge on any atom is 0.0898 e. The Morgan fingerprint density at radius 3 is 2.73 bits per heavy atom. The highest BCUT2D eigenvalue weighted by Gasteiger charge is 2.18. The second-order valence-electron chi connectivity index (χ2n) is 4.36. The second-order valence-corrected chi connectivity index (χ2v) is 5.42. The van der Waals surface area contributed by atoms with Crippen molar-refractivity contribution in [2.75, 3.05) is 13.7 Å². The lowest BCUT2D eigenvalue weighted by Gasteiger charge is -2.25. The molecule has 0 bridgehead atoms. The van der Waals surface area contributed by atoms with E-state index in [1.165, 1.54) is 0 Å². The Morgan fingerprint density at radius 1 is 1.60 bits per heavy atom. The fraction of sp³-hybridized carbons (Fsp3) is 0.727. The molecule has 1 atom stereocenters. The number of rotatable bonds is 5. The molecule has 0 radical (unpaired) electrons. The summed E-state index contributed by atoms with van der Waals surface area (Å²) in [6, 6.07) is 0.282. The summed E-state index contributed by atoms with van der Waals surface area (Å²) in [5.74, 6) is 0. The van der Waals surface area contributed by atoms with Crippen LogP contribution in [0, 0.1) is 6.92 Å². The summed E-state index contributed by atoms with van der Waals surface area (Å²) in [7, 11) is 1.74. The Labute approximate surface area is 95.9 Å². The van der Waals surface area contributed by atoms with Crippen LogP contribution in [0.1, 0.15) is 37.5 Å². The summed E-state index contributed by atoms with van der Waals surface area (Å²) in [4.78, 5) is 4.45. The third-order valence-corrected chi connectivity index (χ3v) is 3.26. The summed E-state index contributed by atoms with van der Waals surface area (Å²) in [6.07, 6.45) is 0. The normalized spacial score (nSPS) is 14.2. The summed E-state index contributed by atoms with van der Waals surface area (Å²) >= 11 is 1.69. The van der Waals surface area contributed by atoms with Gasteiger partial charge in [0.25, 0.3) is 0 Å². The van der Waals surface area contributed by atoms with E-state index >= 15 is 0 Å². The zero-order chi connectivity index (χ0) is 11.5. The molecule has 0 aliphatic carbocycles. The van der Waals surface area contributed by atoms with E-state index in [0.29, 0.717) is 0 Å². The van der Waals surface area contributed by atoms with Gasteiger partial charge in [-0.05, 0) is 27.7 Å². The molecule has 15 heavy (non-hydrogen) atoms. The van der Waals surface area contributed by atoms with Crippen LogP contribution in [0.2, 0.25) is 0 Å². The molecular formula is C11H20N2OS. The molecule has 1 N–H and O–H groups in total. The van der Waals surface area contributed by atoms with Crippen LogP contribution < -0.4 is 5.32 Å². The molecule has 0 spiro atoms. The monoisotopic (exact) mass is 228 g/mol. The number of hydrogen-bond donors (Lipinski definition) is 1. The summed E-state index contributed by atoms with van der Waals surface area (Å²) in [5, 5.41) is 6.64. The minimum absolute atomic E-state index is 0.126. The van der Waals surface area contributed by atoms with Crippen LogP contribution in [0.5, 0.6) is 0 Å². The van der Waals surface area contributed by atoms with Crippen molar-refractivity contribution < 1.29 is 4.74 Å². The number of hydrogen-bond acceptors (Lipinski definition) is 4. The molecule has 4 heteroatoms. The first-order chi connectivity index (χ1) is 6.94. The lowest BCUT2D eigenvalue weighted by atomic mass is 10.1. The Bertz CT molecular complexity index is 309. The maximum atomic E-state index is 5.35. The Morgan fingerprint density at radius 2 is 2.27 bits per heavy atom. The van der Waals surface area contributed by atoms with Crippen molar-refractivity contribution in [3.05, 3.63) is 16.1 Å². The second kappa shape index (κ2) is 5.05. The molecule has 0 aliphatic rings. The number of nitrogens with one attached hydrogen (secondary N) is 1. The predicted molar refractivity (Wildman–Crippen MR) is 64.4 cm³/mol. The fourth-order valence-electron chi connectivity index (χ4n) is 1.15. The Hall–Kier alpha value is -0.450. The van der Waals surface area contributed by atoms with Gasteiger partial charge in [-0.2, -0.15) is 0 Å². The van der Waals surface area contributed by atoms with Gasteiger partial charge in [0.05, 0.1) is 16.3 Å². The van der Waals surface area contributed by atoms with Gasteiger partial charge < -0.3 is 10.1 Å². The molecule has 0 amide bonds. The lowest BCUT2D eigenvalue weighted by Crippen LogP contribution is -2.37. The van der Waals surface area contributed by atoms with Crippen LogP contribution in [0.4, 0.5) is 0 Å². The zero-order valence-electron chi connectivity index (χ0n) is 10.1. The zero-order valence-corrected chi connectivity index (χ0v) is 10.9. The quantitative estimate of drug-likeness (QED) is 0.841. The number of methoxy groups -OCH3 is 1. The Balaban J connectivity index is 2.46. The lowest BCUT2D eigenvalue weighted by molar-refractivity contribution is 0.0213. The summed E-state index contributed by atoms with van der Waals surface area (Å²) < 4.78 is 5.35. The molecule has 0 fully saturated rings. The molecular weight excluding hydrogens is 208 g/mol. The molecule has 86 valence electrons. The minimum atomic E-state index is -0.126. The SMILES string of the molecule is COC(C)(C)CNC(C)c1csc(C)n1. The van der Waals surface area contributed by atoms with Crippen LogP contribution in [0.25, 0.3) is 0 Å². The van der Waals surface area contributed by atoms with Gasteiger partial charge in [-0.15, -0.1) is 11.3 Å². The van der Waals surface area contributed by atoms with Gasteiger partial charge in [0.1, 0.15) is 0 Å². The van der Waals surface area contributed by atoms with E-state index in [0.717, 1.165) is 17.2 Å². The third kappa shape index (κ3) is 3.89. The number of ether oxygens (including phenoxy) is 1. The van der Waals surface area contributed by atoms with Gasteiger partial charge in [0, 0.05) is 25.1 Å². The first-order valence-corrected chi connectivity index (χ1v) is 6.03. The highest BCUT2D eigenvalue weighted by atomic mass is 32.1. The van der Waals surface area contributed by atoms with Crippen molar-refractivity contribution in [3.8, 4) is 0 Å². The summed E-state index contributed by atoms with van der Waals surface area (Å²) in [5.41, 5.74) is 0.990. The summed E-state index contributed by atoms with van der Waals surface area (Å²) in [6.45, 7) is 9.11. The van der Waals surface area contributed by atoms with Crippen LogP contribution in [0.15, 0.2) is 5.38 Å². The molecule has 1 unspecified atom stereocenters. The van der Waals surface area contributed by atoms with Crippen LogP contribution in [-0.2, 0) is 4.74 Å². The van der Waals surface area contributed by atoms with E-state index in [2.05, 4.69) is 36.5 Å². The van der Waals surface area contributed by atoms with Crippen LogP contribution in [0.3, 0.4) is 0 Å². The van der Waals surface area contributed by atoms with Gasteiger partial charge in [-0.3, -0.25) is 0 Å². The molecule has 0 saturated carbocycles. The van der Waals surface area contributed by atoms with Gasteiger partial charge in [0.15, 0.2) is 0 Å². The number of thiazole rings is 1. The topological polar surface area (TPSA) is 34.1 Å². The van der Waals surface area contributed by atoms with E-state index in [1.807, 2.05) is 6.92 Å². The predicted octanol–water partition coefficient (Wildman–Crippen LogP) is 2.53. The first kappa shape index (κ1) is 12.6. The van der Waals surface area contributed by atoms with E-state index < -0.39 is 0 Å². The molecule has 1 rings (SSSR count). The van der Waals surface area contributed by atoms with Crippen molar-refractivity contribution in [1.29, 1.82) is 0 Å². The van der Waals surface area contributed by atoms with E-state index in [-0.39, 0.29) is 11.6 Å². The van der Waals surface area contributed by atoms with E-state index in [1.54, 1.807) is 18.4 Å². The highest BCUT2D eigenvalue weighted by Crippen LogP contribution is 2.16. The maximum absolute atomic E-state index is 5.35. The molecule has 1 aromatic heterocycles. The Kier molecular flexibility index (Phi) is 4.25. The number of nitrogens with zero attached hydrogens (tertiary/aromatic N) is 1. The molecule has 0 aromatic carbocycles. The molecule has 1 aromatic rings. The van der Waals surface area contributed by atoms with Crippen molar-refractivity contribution in [2.24, 2.45) is 0 Å². The standard InChI is InChI=1S/C11H20N2OS/c1-8(10-6-15-9(2)13-10)12-7-11(3,4)14-5/h6,8,12H,7H2,1-5H3. The highest BCUT2D eigenvalue weighted by molar-refractivity contribution is 7.09. The first-order valence-electron chi connectivity index (χ1n) is 5.15. The third-order valence-electron chi connectivity index (χ3n) is 2.47. The van der Waals surface area contributed by atoms with E-state index in [9.17, 15) is 0 Å². The largest absolute Gasteiger partial charge is 0.377 e. The van der Waals surface area contributed by atoms with Crippen LogP contribution in [-0.4, -0.2) is 24.2 Å². The van der Waals surface area contributed by atoms with Crippen molar-refractivity contribution in [1.82, 2.24) is 10.3 Å². The van der Waals surface area contributed by atoms with Crippen molar-refractivity contribution in [2.45, 2.75) is 39.3 Å². The smallest absolute Gasteiger partial charge is 0.0898 e. The van der Waals surface area contributed by atoms with Gasteiger partial charge in [-0.25, -0.2) is 4.98 Å². The molecule has 0 aliphatic heterocycles. The number of aryl methyl sites for hydroxylation is 1. The average molecular weight is 228 g/mol. The molecule has 3 nitrogen and oxygen atoms in total. The van der Waals surface area contributed by atoms with Gasteiger partial charge in [-0.1, -0.05) is 0 Å². The van der Waals surface area contributed by atoms with Crippen molar-refractivity contribution >= 4 is 11.3 Å².